The molecule has 5 nitrogen and oxygen atoms in total. The van der Waals surface area contributed by atoms with Crippen molar-refractivity contribution in [2.24, 2.45) is 0 Å². The van der Waals surface area contributed by atoms with Crippen molar-refractivity contribution in [1.82, 2.24) is 4.98 Å². The number of pyridine rings is 1. The van der Waals surface area contributed by atoms with E-state index >= 15 is 0 Å². The normalized spacial score (nSPS) is 14.2. The summed E-state index contributed by atoms with van der Waals surface area (Å²) in [5.74, 6) is 0.998. The fourth-order valence-electron chi connectivity index (χ4n) is 3.06. The van der Waals surface area contributed by atoms with Crippen LogP contribution in [0.2, 0.25) is 0 Å². The summed E-state index contributed by atoms with van der Waals surface area (Å²) in [4.78, 5) is 4.74. The standard InChI is InChI=1S/C19H24N2O3S/c1-3-4-14-25(22,23)21-13-5-6-18-19(21)12-11-17(20-18)15-7-9-16(24-2)10-8-15/h7-12H,3-6,13-14H2,1-2H3. The summed E-state index contributed by atoms with van der Waals surface area (Å²) in [7, 11) is -1.63. The van der Waals surface area contributed by atoms with E-state index in [-0.39, 0.29) is 5.75 Å². The van der Waals surface area contributed by atoms with E-state index in [1.165, 1.54) is 0 Å². The Balaban J connectivity index is 1.91. The lowest BCUT2D eigenvalue weighted by Crippen LogP contribution is -2.37. The Labute approximate surface area is 149 Å². The molecule has 0 radical (unpaired) electrons. The highest BCUT2D eigenvalue weighted by molar-refractivity contribution is 7.92. The topological polar surface area (TPSA) is 59.5 Å². The van der Waals surface area contributed by atoms with Crippen LogP contribution in [0.25, 0.3) is 11.3 Å². The number of aryl methyl sites for hydroxylation is 1. The van der Waals surface area contributed by atoms with Crippen molar-refractivity contribution in [3.63, 3.8) is 0 Å². The molecule has 1 aromatic carbocycles. The second kappa shape index (κ2) is 7.44. The number of hydrogen-bond acceptors (Lipinski definition) is 4. The molecule has 0 atom stereocenters. The first-order chi connectivity index (χ1) is 12.0. The van der Waals surface area contributed by atoms with Crippen molar-refractivity contribution in [2.45, 2.75) is 32.6 Å². The molecule has 0 fully saturated rings. The first-order valence-corrected chi connectivity index (χ1v) is 10.3. The van der Waals surface area contributed by atoms with Crippen molar-refractivity contribution < 1.29 is 13.2 Å². The number of ether oxygens (including phenoxy) is 1. The van der Waals surface area contributed by atoms with Crippen LogP contribution in [0.5, 0.6) is 5.75 Å². The molecular formula is C19H24N2O3S. The molecule has 1 aliphatic heterocycles. The molecule has 0 amide bonds. The van der Waals surface area contributed by atoms with E-state index in [0.717, 1.165) is 47.7 Å². The highest BCUT2D eigenvalue weighted by atomic mass is 32.2. The van der Waals surface area contributed by atoms with Gasteiger partial charge >= 0.3 is 0 Å². The van der Waals surface area contributed by atoms with Gasteiger partial charge in [-0.25, -0.2) is 8.42 Å². The zero-order valence-electron chi connectivity index (χ0n) is 14.7. The second-order valence-corrected chi connectivity index (χ2v) is 8.25. The average molecular weight is 360 g/mol. The van der Waals surface area contributed by atoms with E-state index in [2.05, 4.69) is 0 Å². The minimum absolute atomic E-state index is 0.198. The molecule has 0 aliphatic carbocycles. The van der Waals surface area contributed by atoms with Gasteiger partial charge in [0.15, 0.2) is 0 Å². The molecule has 2 heterocycles. The zero-order valence-corrected chi connectivity index (χ0v) is 15.6. The van der Waals surface area contributed by atoms with Crippen LogP contribution in [0.15, 0.2) is 36.4 Å². The van der Waals surface area contributed by atoms with Gasteiger partial charge in [0.1, 0.15) is 5.75 Å². The number of benzene rings is 1. The van der Waals surface area contributed by atoms with Crippen molar-refractivity contribution in [1.29, 1.82) is 0 Å². The molecule has 0 unspecified atom stereocenters. The molecule has 25 heavy (non-hydrogen) atoms. The van der Waals surface area contributed by atoms with Gasteiger partial charge in [-0.1, -0.05) is 13.3 Å². The van der Waals surface area contributed by atoms with Gasteiger partial charge in [-0.15, -0.1) is 0 Å². The summed E-state index contributed by atoms with van der Waals surface area (Å²) >= 11 is 0. The first kappa shape index (κ1) is 17.7. The third-order valence-electron chi connectivity index (χ3n) is 4.47. The first-order valence-electron chi connectivity index (χ1n) is 8.70. The van der Waals surface area contributed by atoms with Gasteiger partial charge in [-0.2, -0.15) is 0 Å². The molecule has 0 bridgehead atoms. The minimum atomic E-state index is -3.27. The van der Waals surface area contributed by atoms with E-state index in [4.69, 9.17) is 9.72 Å². The molecule has 0 spiro atoms. The molecule has 0 N–H and O–H groups in total. The van der Waals surface area contributed by atoms with Gasteiger partial charge < -0.3 is 4.74 Å². The Morgan fingerprint density at radius 3 is 2.60 bits per heavy atom. The van der Waals surface area contributed by atoms with Gasteiger partial charge in [-0.05, 0) is 55.7 Å². The molecular weight excluding hydrogens is 336 g/mol. The maximum absolute atomic E-state index is 12.6. The van der Waals surface area contributed by atoms with Crippen molar-refractivity contribution in [2.75, 3.05) is 23.7 Å². The number of unbranched alkanes of at least 4 members (excludes halogenated alkanes) is 1. The van der Waals surface area contributed by atoms with Crippen LogP contribution in [0.3, 0.4) is 0 Å². The average Bonchev–Trinajstić information content (AvgIpc) is 2.65. The summed E-state index contributed by atoms with van der Waals surface area (Å²) in [6.07, 6.45) is 3.16. The monoisotopic (exact) mass is 360 g/mol. The molecule has 0 saturated heterocycles. The lowest BCUT2D eigenvalue weighted by Gasteiger charge is -2.30. The van der Waals surface area contributed by atoms with Crippen LogP contribution in [0.4, 0.5) is 5.69 Å². The molecule has 6 heteroatoms. The van der Waals surface area contributed by atoms with E-state index < -0.39 is 10.0 Å². The molecule has 1 aliphatic rings. The third-order valence-corrected chi connectivity index (χ3v) is 6.33. The molecule has 1 aromatic heterocycles. The minimum Gasteiger partial charge on any atom is -0.497 e. The van der Waals surface area contributed by atoms with Crippen LogP contribution in [0, 0.1) is 0 Å². The van der Waals surface area contributed by atoms with E-state index in [0.29, 0.717) is 13.0 Å². The number of fused-ring (bicyclic) bond motifs is 1. The number of sulfonamides is 1. The largest absolute Gasteiger partial charge is 0.497 e. The molecule has 0 saturated carbocycles. The zero-order chi connectivity index (χ0) is 17.9. The van der Waals surface area contributed by atoms with Crippen molar-refractivity contribution >= 4 is 15.7 Å². The van der Waals surface area contributed by atoms with Gasteiger partial charge in [-0.3, -0.25) is 9.29 Å². The summed E-state index contributed by atoms with van der Waals surface area (Å²) in [5, 5.41) is 0. The van der Waals surface area contributed by atoms with E-state index in [1.807, 2.05) is 43.3 Å². The van der Waals surface area contributed by atoms with Crippen LogP contribution < -0.4 is 9.04 Å². The van der Waals surface area contributed by atoms with Gasteiger partial charge in [0.2, 0.25) is 10.0 Å². The Hall–Kier alpha value is -2.08. The molecule has 3 rings (SSSR count). The maximum atomic E-state index is 12.6. The van der Waals surface area contributed by atoms with Crippen LogP contribution in [0.1, 0.15) is 31.9 Å². The number of aromatic nitrogens is 1. The fourth-order valence-corrected chi connectivity index (χ4v) is 4.81. The number of rotatable bonds is 6. The van der Waals surface area contributed by atoms with E-state index in [9.17, 15) is 8.42 Å². The number of anilines is 1. The van der Waals surface area contributed by atoms with Gasteiger partial charge in [0, 0.05) is 12.1 Å². The molecule has 134 valence electrons. The van der Waals surface area contributed by atoms with Gasteiger partial charge in [0.05, 0.1) is 29.9 Å². The van der Waals surface area contributed by atoms with Crippen molar-refractivity contribution in [3.8, 4) is 17.0 Å². The lowest BCUT2D eigenvalue weighted by molar-refractivity contribution is 0.415. The smallest absolute Gasteiger partial charge is 0.235 e. The quantitative estimate of drug-likeness (QED) is 0.789. The summed E-state index contributed by atoms with van der Waals surface area (Å²) in [6, 6.07) is 11.5. The highest BCUT2D eigenvalue weighted by Crippen LogP contribution is 2.31. The Kier molecular flexibility index (Phi) is 5.27. The molecule has 2 aromatic rings. The summed E-state index contributed by atoms with van der Waals surface area (Å²) < 4.78 is 32.0. The number of hydrogen-bond donors (Lipinski definition) is 0. The number of nitrogens with zero attached hydrogens (tertiary/aromatic N) is 2. The predicted molar refractivity (Wildman–Crippen MR) is 101 cm³/mol. The SMILES string of the molecule is CCCCS(=O)(=O)N1CCCc2nc(-c3ccc(OC)cc3)ccc21. The Bertz CT molecular complexity index is 832. The Morgan fingerprint density at radius 1 is 1.16 bits per heavy atom. The number of methoxy groups -OCH3 is 1. The summed E-state index contributed by atoms with van der Waals surface area (Å²) in [6.45, 7) is 2.55. The van der Waals surface area contributed by atoms with Crippen LogP contribution in [-0.4, -0.2) is 32.8 Å². The lowest BCUT2D eigenvalue weighted by atomic mass is 10.1. The predicted octanol–water partition coefficient (Wildman–Crippen LogP) is 3.64. The highest BCUT2D eigenvalue weighted by Gasteiger charge is 2.27. The van der Waals surface area contributed by atoms with Gasteiger partial charge in [0.25, 0.3) is 0 Å². The summed E-state index contributed by atoms with van der Waals surface area (Å²) in [5.41, 5.74) is 3.45. The van der Waals surface area contributed by atoms with Crippen molar-refractivity contribution in [3.05, 3.63) is 42.1 Å². The van der Waals surface area contributed by atoms with Crippen LogP contribution >= 0.6 is 0 Å². The Morgan fingerprint density at radius 2 is 1.92 bits per heavy atom. The fraction of sp³-hybridized carbons (Fsp3) is 0.421. The van der Waals surface area contributed by atoms with E-state index in [1.54, 1.807) is 11.4 Å². The maximum Gasteiger partial charge on any atom is 0.235 e. The second-order valence-electron chi connectivity index (χ2n) is 6.24. The third kappa shape index (κ3) is 3.79. The van der Waals surface area contributed by atoms with Crippen LogP contribution in [-0.2, 0) is 16.4 Å².